The summed E-state index contributed by atoms with van der Waals surface area (Å²) >= 11 is 1.57. The fourth-order valence-electron chi connectivity index (χ4n) is 0.735. The van der Waals surface area contributed by atoms with Crippen molar-refractivity contribution in [3.63, 3.8) is 0 Å². The molecule has 1 heterocycles. The molecule has 0 aliphatic carbocycles. The summed E-state index contributed by atoms with van der Waals surface area (Å²) in [5.74, 6) is 0.257. The third kappa shape index (κ3) is 2.31. The SMILES string of the molecule is CC(COC=O)c1cncs1. The molecule has 0 spiro atoms. The van der Waals surface area contributed by atoms with Crippen LogP contribution in [0.1, 0.15) is 17.7 Å². The summed E-state index contributed by atoms with van der Waals surface area (Å²) in [6.07, 6.45) is 1.80. The number of carbonyl (C=O) groups excluding carboxylic acids is 1. The second-order valence-corrected chi connectivity index (χ2v) is 3.15. The molecule has 1 aromatic rings. The predicted molar refractivity (Wildman–Crippen MR) is 42.5 cm³/mol. The molecular formula is C7H9NO2S. The average molecular weight is 171 g/mol. The normalized spacial score (nSPS) is 12.5. The van der Waals surface area contributed by atoms with Crippen molar-refractivity contribution in [3.05, 3.63) is 16.6 Å². The summed E-state index contributed by atoms with van der Waals surface area (Å²) in [6.45, 7) is 2.90. The van der Waals surface area contributed by atoms with Gasteiger partial charge in [0.2, 0.25) is 0 Å². The number of ether oxygens (including phenoxy) is 1. The van der Waals surface area contributed by atoms with E-state index in [1.165, 1.54) is 0 Å². The zero-order chi connectivity index (χ0) is 8.10. The number of hydrogen-bond acceptors (Lipinski definition) is 4. The van der Waals surface area contributed by atoms with Gasteiger partial charge < -0.3 is 4.74 Å². The van der Waals surface area contributed by atoms with E-state index in [2.05, 4.69) is 9.72 Å². The monoisotopic (exact) mass is 171 g/mol. The van der Waals surface area contributed by atoms with Crippen LogP contribution >= 0.6 is 11.3 Å². The van der Waals surface area contributed by atoms with Crippen molar-refractivity contribution < 1.29 is 9.53 Å². The first-order valence-corrected chi connectivity index (χ1v) is 4.16. The molecule has 3 nitrogen and oxygen atoms in total. The summed E-state index contributed by atoms with van der Waals surface area (Å²) in [7, 11) is 0. The smallest absolute Gasteiger partial charge is 0.293 e. The molecule has 0 aliphatic heterocycles. The number of hydrogen-bond donors (Lipinski definition) is 0. The lowest BCUT2D eigenvalue weighted by Gasteiger charge is -2.05. The molecule has 1 rings (SSSR count). The van der Waals surface area contributed by atoms with Crippen LogP contribution in [0.5, 0.6) is 0 Å². The Morgan fingerprint density at radius 1 is 1.91 bits per heavy atom. The van der Waals surface area contributed by atoms with Gasteiger partial charge in [-0.1, -0.05) is 6.92 Å². The van der Waals surface area contributed by atoms with Crippen molar-refractivity contribution in [3.8, 4) is 0 Å². The highest BCUT2D eigenvalue weighted by molar-refractivity contribution is 7.09. The van der Waals surface area contributed by atoms with Crippen molar-refractivity contribution in [2.45, 2.75) is 12.8 Å². The van der Waals surface area contributed by atoms with Crippen LogP contribution in [-0.4, -0.2) is 18.1 Å². The van der Waals surface area contributed by atoms with Gasteiger partial charge >= 0.3 is 0 Å². The van der Waals surface area contributed by atoms with Crippen LogP contribution in [0.25, 0.3) is 0 Å². The van der Waals surface area contributed by atoms with Gasteiger partial charge in [0.1, 0.15) is 0 Å². The van der Waals surface area contributed by atoms with Crippen molar-refractivity contribution in [1.82, 2.24) is 4.98 Å². The van der Waals surface area contributed by atoms with Crippen LogP contribution in [0.4, 0.5) is 0 Å². The number of thiazole rings is 1. The van der Waals surface area contributed by atoms with Crippen LogP contribution in [0, 0.1) is 0 Å². The quantitative estimate of drug-likeness (QED) is 0.643. The number of carbonyl (C=O) groups is 1. The Labute approximate surface area is 69.0 Å². The molecule has 0 saturated heterocycles. The summed E-state index contributed by atoms with van der Waals surface area (Å²) < 4.78 is 4.62. The van der Waals surface area contributed by atoms with Crippen LogP contribution in [0.2, 0.25) is 0 Å². The van der Waals surface area contributed by atoms with Gasteiger partial charge in [0.05, 0.1) is 12.1 Å². The largest absolute Gasteiger partial charge is 0.467 e. The molecule has 11 heavy (non-hydrogen) atoms. The van der Waals surface area contributed by atoms with Gasteiger partial charge in [-0.05, 0) is 0 Å². The first-order valence-electron chi connectivity index (χ1n) is 3.28. The minimum Gasteiger partial charge on any atom is -0.467 e. The van der Waals surface area contributed by atoms with E-state index in [0.29, 0.717) is 13.1 Å². The molecule has 0 bridgehead atoms. The topological polar surface area (TPSA) is 39.2 Å². The Bertz CT molecular complexity index is 210. The van der Waals surface area contributed by atoms with Crippen LogP contribution in [0.15, 0.2) is 11.7 Å². The zero-order valence-electron chi connectivity index (χ0n) is 6.19. The highest BCUT2D eigenvalue weighted by Gasteiger charge is 2.06. The van der Waals surface area contributed by atoms with E-state index >= 15 is 0 Å². The van der Waals surface area contributed by atoms with Gasteiger partial charge in [-0.15, -0.1) is 11.3 Å². The molecule has 4 heteroatoms. The van der Waals surface area contributed by atoms with Crippen LogP contribution < -0.4 is 0 Å². The molecule has 1 atom stereocenters. The van der Waals surface area contributed by atoms with Gasteiger partial charge in [0.15, 0.2) is 0 Å². The van der Waals surface area contributed by atoms with Gasteiger partial charge in [-0.3, -0.25) is 9.78 Å². The Morgan fingerprint density at radius 2 is 2.73 bits per heavy atom. The van der Waals surface area contributed by atoms with E-state index in [1.54, 1.807) is 23.0 Å². The molecule has 0 amide bonds. The molecule has 1 aromatic heterocycles. The van der Waals surface area contributed by atoms with Gasteiger partial charge in [-0.2, -0.15) is 0 Å². The lowest BCUT2D eigenvalue weighted by atomic mass is 10.2. The van der Waals surface area contributed by atoms with Crippen molar-refractivity contribution >= 4 is 17.8 Å². The van der Waals surface area contributed by atoms with Crippen molar-refractivity contribution in [1.29, 1.82) is 0 Å². The van der Waals surface area contributed by atoms with Crippen molar-refractivity contribution in [2.75, 3.05) is 6.61 Å². The minimum absolute atomic E-state index is 0.257. The fraction of sp³-hybridized carbons (Fsp3) is 0.429. The first-order chi connectivity index (χ1) is 5.34. The van der Waals surface area contributed by atoms with Crippen LogP contribution in [-0.2, 0) is 9.53 Å². The van der Waals surface area contributed by atoms with E-state index in [1.807, 2.05) is 6.92 Å². The predicted octanol–water partition coefficient (Wildman–Crippen LogP) is 1.42. The summed E-state index contributed by atoms with van der Waals surface area (Å²) in [6, 6.07) is 0. The highest BCUT2D eigenvalue weighted by Crippen LogP contribution is 2.18. The fourth-order valence-corrected chi connectivity index (χ4v) is 1.40. The molecule has 0 aromatic carbocycles. The van der Waals surface area contributed by atoms with E-state index < -0.39 is 0 Å². The number of rotatable bonds is 4. The summed E-state index contributed by atoms with van der Waals surface area (Å²) in [5.41, 5.74) is 1.77. The highest BCUT2D eigenvalue weighted by atomic mass is 32.1. The molecule has 0 aliphatic rings. The van der Waals surface area contributed by atoms with E-state index in [-0.39, 0.29) is 5.92 Å². The Balaban J connectivity index is 2.42. The Hall–Kier alpha value is -0.900. The number of nitrogens with zero attached hydrogens (tertiary/aromatic N) is 1. The van der Waals surface area contributed by atoms with Gasteiger partial charge in [0, 0.05) is 17.0 Å². The molecular weight excluding hydrogens is 162 g/mol. The lowest BCUT2D eigenvalue weighted by Crippen LogP contribution is -2.00. The maximum Gasteiger partial charge on any atom is 0.293 e. The van der Waals surface area contributed by atoms with E-state index in [4.69, 9.17) is 0 Å². The molecule has 0 saturated carbocycles. The van der Waals surface area contributed by atoms with E-state index in [0.717, 1.165) is 4.88 Å². The van der Waals surface area contributed by atoms with Gasteiger partial charge in [0.25, 0.3) is 6.47 Å². The maximum absolute atomic E-state index is 9.84. The molecule has 1 unspecified atom stereocenters. The summed E-state index contributed by atoms with van der Waals surface area (Å²) in [5, 5.41) is 0. The maximum atomic E-state index is 9.84. The second-order valence-electron chi connectivity index (χ2n) is 2.23. The molecule has 60 valence electrons. The lowest BCUT2D eigenvalue weighted by molar-refractivity contribution is -0.129. The first kappa shape index (κ1) is 8.20. The minimum atomic E-state index is 0.257. The van der Waals surface area contributed by atoms with Gasteiger partial charge in [-0.25, -0.2) is 0 Å². The molecule has 0 radical (unpaired) electrons. The van der Waals surface area contributed by atoms with Crippen LogP contribution in [0.3, 0.4) is 0 Å². The zero-order valence-corrected chi connectivity index (χ0v) is 7.00. The van der Waals surface area contributed by atoms with Crippen molar-refractivity contribution in [2.24, 2.45) is 0 Å². The Kier molecular flexibility index (Phi) is 3.04. The standard InChI is InChI=1S/C7H9NO2S/c1-6(3-10-5-9)7-2-8-4-11-7/h2,4-6H,3H2,1H3. The van der Waals surface area contributed by atoms with E-state index in [9.17, 15) is 4.79 Å². The second kappa shape index (κ2) is 4.08. The average Bonchev–Trinajstić information content (AvgIpc) is 2.52. The molecule has 0 fully saturated rings. The molecule has 0 N–H and O–H groups in total. The third-order valence-corrected chi connectivity index (χ3v) is 2.36. The summed E-state index contributed by atoms with van der Waals surface area (Å²) in [4.78, 5) is 14.9. The third-order valence-electron chi connectivity index (χ3n) is 1.35. The Morgan fingerprint density at radius 3 is 3.27 bits per heavy atom. The number of aromatic nitrogens is 1.